The van der Waals surface area contributed by atoms with E-state index in [9.17, 15) is 14.7 Å². The Morgan fingerprint density at radius 1 is 1.10 bits per heavy atom. The van der Waals surface area contributed by atoms with Crippen LogP contribution in [-0.4, -0.2) is 35.0 Å². The molecule has 0 saturated carbocycles. The SMILES string of the molecule is Cc1cc(C)c(C(=O)N2CCC(C)(C(=O)O)CC2)c(C)c1. The van der Waals surface area contributed by atoms with Crippen molar-refractivity contribution < 1.29 is 14.7 Å². The molecule has 1 heterocycles. The average molecular weight is 289 g/mol. The number of piperidine rings is 1. The molecule has 0 aromatic heterocycles. The molecule has 0 radical (unpaired) electrons. The summed E-state index contributed by atoms with van der Waals surface area (Å²) >= 11 is 0. The normalized spacial score (nSPS) is 17.6. The van der Waals surface area contributed by atoms with Crippen LogP contribution in [0, 0.1) is 26.2 Å². The molecule has 114 valence electrons. The summed E-state index contributed by atoms with van der Waals surface area (Å²) in [5.41, 5.74) is 3.19. The minimum Gasteiger partial charge on any atom is -0.481 e. The second-order valence-corrected chi connectivity index (χ2v) is 6.43. The number of hydrogen-bond acceptors (Lipinski definition) is 2. The fraction of sp³-hybridized carbons (Fsp3) is 0.529. The summed E-state index contributed by atoms with van der Waals surface area (Å²) in [5, 5.41) is 9.25. The molecule has 1 amide bonds. The van der Waals surface area contributed by atoms with Crippen molar-refractivity contribution in [2.75, 3.05) is 13.1 Å². The number of nitrogens with zero attached hydrogens (tertiary/aromatic N) is 1. The Morgan fingerprint density at radius 3 is 2.00 bits per heavy atom. The van der Waals surface area contributed by atoms with Gasteiger partial charge in [0.15, 0.2) is 0 Å². The van der Waals surface area contributed by atoms with E-state index >= 15 is 0 Å². The van der Waals surface area contributed by atoms with E-state index in [-0.39, 0.29) is 5.91 Å². The van der Waals surface area contributed by atoms with Crippen LogP contribution >= 0.6 is 0 Å². The number of carboxylic acids is 1. The number of carboxylic acid groups (broad SMARTS) is 1. The van der Waals surface area contributed by atoms with Gasteiger partial charge in [-0.3, -0.25) is 9.59 Å². The molecule has 1 aliphatic rings. The summed E-state index contributed by atoms with van der Waals surface area (Å²) in [6, 6.07) is 4.04. The summed E-state index contributed by atoms with van der Waals surface area (Å²) in [5.74, 6) is -0.741. The van der Waals surface area contributed by atoms with Crippen molar-refractivity contribution in [3.05, 3.63) is 34.4 Å². The van der Waals surface area contributed by atoms with E-state index in [1.54, 1.807) is 11.8 Å². The van der Waals surface area contributed by atoms with Gasteiger partial charge in [0.05, 0.1) is 5.41 Å². The van der Waals surface area contributed by atoms with Crippen molar-refractivity contribution in [1.82, 2.24) is 4.90 Å². The van der Waals surface area contributed by atoms with Crippen LogP contribution in [0.3, 0.4) is 0 Å². The molecular formula is C17H23NO3. The Morgan fingerprint density at radius 2 is 1.57 bits per heavy atom. The molecule has 0 unspecified atom stereocenters. The standard InChI is InChI=1S/C17H23NO3/c1-11-9-12(2)14(13(3)10-11)15(19)18-7-5-17(4,6-8-18)16(20)21/h9-10H,5-8H2,1-4H3,(H,20,21). The van der Waals surface area contributed by atoms with Crippen molar-refractivity contribution >= 4 is 11.9 Å². The van der Waals surface area contributed by atoms with Crippen LogP contribution in [0.15, 0.2) is 12.1 Å². The maximum atomic E-state index is 12.7. The summed E-state index contributed by atoms with van der Waals surface area (Å²) in [7, 11) is 0. The minimum atomic E-state index is -0.766. The number of amides is 1. The molecule has 1 aliphatic heterocycles. The third-order valence-electron chi connectivity index (χ3n) is 4.56. The van der Waals surface area contributed by atoms with E-state index < -0.39 is 11.4 Å². The Kier molecular flexibility index (Phi) is 4.08. The van der Waals surface area contributed by atoms with Crippen LogP contribution in [-0.2, 0) is 4.79 Å². The number of aryl methyl sites for hydroxylation is 3. The number of carbonyl (C=O) groups is 2. The predicted octanol–water partition coefficient (Wildman–Crippen LogP) is 2.94. The van der Waals surface area contributed by atoms with Crippen molar-refractivity contribution in [3.8, 4) is 0 Å². The smallest absolute Gasteiger partial charge is 0.309 e. The van der Waals surface area contributed by atoms with Crippen LogP contribution in [0.1, 0.15) is 46.8 Å². The maximum absolute atomic E-state index is 12.7. The minimum absolute atomic E-state index is 0.0254. The van der Waals surface area contributed by atoms with Crippen LogP contribution in [0.2, 0.25) is 0 Å². The predicted molar refractivity (Wildman–Crippen MR) is 81.5 cm³/mol. The van der Waals surface area contributed by atoms with Crippen molar-refractivity contribution in [1.29, 1.82) is 0 Å². The molecule has 1 fully saturated rings. The van der Waals surface area contributed by atoms with E-state index in [0.29, 0.717) is 25.9 Å². The number of rotatable bonds is 2. The lowest BCUT2D eigenvalue weighted by Crippen LogP contribution is -2.45. The second-order valence-electron chi connectivity index (χ2n) is 6.43. The quantitative estimate of drug-likeness (QED) is 0.910. The molecule has 4 nitrogen and oxygen atoms in total. The van der Waals surface area contributed by atoms with Gasteiger partial charge < -0.3 is 10.0 Å². The second kappa shape index (κ2) is 5.51. The zero-order valence-corrected chi connectivity index (χ0v) is 13.2. The van der Waals surface area contributed by atoms with Gasteiger partial charge in [-0.15, -0.1) is 0 Å². The van der Waals surface area contributed by atoms with Gasteiger partial charge in [0.25, 0.3) is 5.91 Å². The van der Waals surface area contributed by atoms with Crippen LogP contribution < -0.4 is 0 Å². The first-order chi connectivity index (χ1) is 9.74. The first-order valence-corrected chi connectivity index (χ1v) is 7.35. The fourth-order valence-electron chi connectivity index (χ4n) is 3.09. The highest BCUT2D eigenvalue weighted by molar-refractivity contribution is 5.97. The Bertz CT molecular complexity index is 561. The molecule has 1 aromatic rings. The van der Waals surface area contributed by atoms with Crippen molar-refractivity contribution in [2.45, 2.75) is 40.5 Å². The molecule has 0 bridgehead atoms. The van der Waals surface area contributed by atoms with Gasteiger partial charge in [-0.1, -0.05) is 17.7 Å². The van der Waals surface area contributed by atoms with E-state index in [1.165, 1.54) is 0 Å². The average Bonchev–Trinajstić information content (AvgIpc) is 2.38. The van der Waals surface area contributed by atoms with E-state index in [4.69, 9.17) is 0 Å². The van der Waals surface area contributed by atoms with Gasteiger partial charge in [-0.25, -0.2) is 0 Å². The number of aliphatic carboxylic acids is 1. The fourth-order valence-corrected chi connectivity index (χ4v) is 3.09. The van der Waals surface area contributed by atoms with Crippen LogP contribution in [0.25, 0.3) is 0 Å². The lowest BCUT2D eigenvalue weighted by atomic mass is 9.80. The zero-order valence-electron chi connectivity index (χ0n) is 13.2. The Hall–Kier alpha value is -1.84. The van der Waals surface area contributed by atoms with Crippen LogP contribution in [0.5, 0.6) is 0 Å². The molecule has 0 atom stereocenters. The van der Waals surface area contributed by atoms with Gasteiger partial charge in [0.2, 0.25) is 0 Å². The van der Waals surface area contributed by atoms with E-state index in [0.717, 1.165) is 22.3 Å². The zero-order chi connectivity index (χ0) is 15.8. The molecule has 1 aromatic carbocycles. The molecule has 21 heavy (non-hydrogen) atoms. The third-order valence-corrected chi connectivity index (χ3v) is 4.56. The van der Waals surface area contributed by atoms with Crippen LogP contribution in [0.4, 0.5) is 0 Å². The number of hydrogen-bond donors (Lipinski definition) is 1. The highest BCUT2D eigenvalue weighted by Gasteiger charge is 2.38. The molecule has 1 saturated heterocycles. The Balaban J connectivity index is 2.18. The van der Waals surface area contributed by atoms with Crippen molar-refractivity contribution in [3.63, 3.8) is 0 Å². The summed E-state index contributed by atoms with van der Waals surface area (Å²) in [4.78, 5) is 25.8. The molecule has 1 N–H and O–H groups in total. The summed E-state index contributed by atoms with van der Waals surface area (Å²) in [6.07, 6.45) is 1.02. The highest BCUT2D eigenvalue weighted by atomic mass is 16.4. The third kappa shape index (κ3) is 2.94. The first kappa shape index (κ1) is 15.5. The Labute approximate surface area is 125 Å². The lowest BCUT2D eigenvalue weighted by molar-refractivity contribution is -0.150. The largest absolute Gasteiger partial charge is 0.481 e. The number of likely N-dealkylation sites (tertiary alicyclic amines) is 1. The van der Waals surface area contributed by atoms with Gasteiger partial charge >= 0.3 is 5.97 Å². The topological polar surface area (TPSA) is 57.6 Å². The molecular weight excluding hydrogens is 266 g/mol. The number of carbonyl (C=O) groups excluding carboxylic acids is 1. The summed E-state index contributed by atoms with van der Waals surface area (Å²) in [6.45, 7) is 8.72. The first-order valence-electron chi connectivity index (χ1n) is 7.35. The van der Waals surface area contributed by atoms with Gasteiger partial charge in [0.1, 0.15) is 0 Å². The van der Waals surface area contributed by atoms with Gasteiger partial charge in [0, 0.05) is 18.7 Å². The van der Waals surface area contributed by atoms with Gasteiger partial charge in [-0.05, 0) is 51.7 Å². The molecule has 2 rings (SSSR count). The molecule has 0 spiro atoms. The van der Waals surface area contributed by atoms with Gasteiger partial charge in [-0.2, -0.15) is 0 Å². The van der Waals surface area contributed by atoms with E-state index in [1.807, 2.05) is 32.9 Å². The maximum Gasteiger partial charge on any atom is 0.309 e. The van der Waals surface area contributed by atoms with Crippen molar-refractivity contribution in [2.24, 2.45) is 5.41 Å². The number of benzene rings is 1. The lowest BCUT2D eigenvalue weighted by Gasteiger charge is -2.36. The molecule has 0 aliphatic carbocycles. The molecule has 4 heteroatoms. The summed E-state index contributed by atoms with van der Waals surface area (Å²) < 4.78 is 0. The highest BCUT2D eigenvalue weighted by Crippen LogP contribution is 2.32. The van der Waals surface area contributed by atoms with E-state index in [2.05, 4.69) is 0 Å². The monoisotopic (exact) mass is 289 g/mol.